The first-order chi connectivity index (χ1) is 15.3. The number of nitrogens with zero attached hydrogens (tertiary/aromatic N) is 3. The van der Waals surface area contributed by atoms with Crippen LogP contribution in [-0.4, -0.2) is 59.9 Å². The van der Waals surface area contributed by atoms with Gasteiger partial charge < -0.3 is 24.0 Å². The topological polar surface area (TPSA) is 96.8 Å². The van der Waals surface area contributed by atoms with Gasteiger partial charge in [0, 0.05) is 50.2 Å². The standard InChI is InChI=1S/C23H24FN3O5/c1-14(30)18-11-27(16-2-3-16)20-10-21(19(24)9-17(20)23(18)32)25-4-6-26(7-5-25)22(31)8-15(12-28)13-29/h9-13,15-16H,2-8H2,1H3. The van der Waals surface area contributed by atoms with Gasteiger partial charge in [-0.05, 0) is 31.9 Å². The Labute approximate surface area is 183 Å². The molecule has 1 aromatic heterocycles. The Balaban J connectivity index is 1.61. The van der Waals surface area contributed by atoms with Gasteiger partial charge in [0.15, 0.2) is 11.2 Å². The molecule has 1 aliphatic heterocycles. The fourth-order valence-electron chi connectivity index (χ4n) is 4.16. The molecular formula is C23H24FN3O5. The Morgan fingerprint density at radius 1 is 1.12 bits per heavy atom. The molecular weight excluding hydrogens is 417 g/mol. The fraction of sp³-hybridized carbons (Fsp3) is 0.435. The van der Waals surface area contributed by atoms with Crippen molar-refractivity contribution in [3.8, 4) is 0 Å². The minimum absolute atomic E-state index is 0.0626. The lowest BCUT2D eigenvalue weighted by Crippen LogP contribution is -2.49. The predicted molar refractivity (Wildman–Crippen MR) is 115 cm³/mol. The first-order valence-electron chi connectivity index (χ1n) is 10.7. The normalized spacial score (nSPS) is 16.5. The number of carbonyl (C=O) groups is 4. The number of Topliss-reactive ketones (excluding diaryl/α,β-unsaturated/α-hetero) is 1. The number of pyridine rings is 1. The summed E-state index contributed by atoms with van der Waals surface area (Å²) in [5.74, 6) is -2.13. The Hall–Kier alpha value is -3.36. The SMILES string of the molecule is CC(=O)c1cn(C2CC2)c2cc(N3CCN(C(=O)CC(C=O)C=O)CC3)c(F)cc2c1=O. The predicted octanol–water partition coefficient (Wildman–Crippen LogP) is 1.73. The molecule has 168 valence electrons. The zero-order valence-electron chi connectivity index (χ0n) is 17.8. The molecule has 8 nitrogen and oxygen atoms in total. The highest BCUT2D eigenvalue weighted by molar-refractivity contribution is 5.97. The number of aldehydes is 2. The number of halogens is 1. The van der Waals surface area contributed by atoms with Crippen molar-refractivity contribution in [2.75, 3.05) is 31.1 Å². The summed E-state index contributed by atoms with van der Waals surface area (Å²) in [4.78, 5) is 62.0. The number of carbonyl (C=O) groups excluding carboxylic acids is 4. The average Bonchev–Trinajstić information content (AvgIpc) is 3.63. The maximum Gasteiger partial charge on any atom is 0.223 e. The number of benzene rings is 1. The van der Waals surface area contributed by atoms with Crippen LogP contribution in [0, 0.1) is 11.7 Å². The van der Waals surface area contributed by atoms with Crippen molar-refractivity contribution in [3.05, 3.63) is 39.9 Å². The highest BCUT2D eigenvalue weighted by Gasteiger charge is 2.29. The van der Waals surface area contributed by atoms with Gasteiger partial charge in [-0.25, -0.2) is 4.39 Å². The van der Waals surface area contributed by atoms with Crippen LogP contribution in [0.3, 0.4) is 0 Å². The lowest BCUT2D eigenvalue weighted by atomic mass is 10.1. The Bertz CT molecular complexity index is 1150. The van der Waals surface area contributed by atoms with Crippen LogP contribution in [0.25, 0.3) is 10.9 Å². The Kier molecular flexibility index (Phi) is 5.90. The number of amides is 1. The van der Waals surface area contributed by atoms with Crippen LogP contribution in [0.1, 0.15) is 42.6 Å². The molecule has 2 aliphatic rings. The van der Waals surface area contributed by atoms with Crippen molar-refractivity contribution < 1.29 is 23.6 Å². The molecule has 0 unspecified atom stereocenters. The number of hydrogen-bond acceptors (Lipinski definition) is 6. The number of ketones is 1. The number of aromatic nitrogens is 1. The summed E-state index contributed by atoms with van der Waals surface area (Å²) in [7, 11) is 0. The lowest BCUT2D eigenvalue weighted by Gasteiger charge is -2.36. The number of anilines is 1. The quantitative estimate of drug-likeness (QED) is 0.369. The van der Waals surface area contributed by atoms with Gasteiger partial charge in [0.05, 0.1) is 22.7 Å². The average molecular weight is 441 g/mol. The van der Waals surface area contributed by atoms with E-state index in [-0.39, 0.29) is 35.1 Å². The molecule has 1 aliphatic carbocycles. The number of hydrogen-bond donors (Lipinski definition) is 0. The Morgan fingerprint density at radius 2 is 1.78 bits per heavy atom. The molecule has 9 heteroatoms. The molecule has 0 spiro atoms. The van der Waals surface area contributed by atoms with E-state index in [2.05, 4.69) is 0 Å². The van der Waals surface area contributed by atoms with E-state index in [9.17, 15) is 24.0 Å². The van der Waals surface area contributed by atoms with E-state index in [1.807, 2.05) is 9.47 Å². The van der Waals surface area contributed by atoms with Crippen LogP contribution < -0.4 is 10.3 Å². The smallest absolute Gasteiger partial charge is 0.223 e. The van der Waals surface area contributed by atoms with Gasteiger partial charge in [-0.2, -0.15) is 0 Å². The van der Waals surface area contributed by atoms with E-state index in [1.54, 1.807) is 17.2 Å². The van der Waals surface area contributed by atoms with Gasteiger partial charge in [-0.3, -0.25) is 14.4 Å². The zero-order chi connectivity index (χ0) is 23.0. The highest BCUT2D eigenvalue weighted by atomic mass is 19.1. The van der Waals surface area contributed by atoms with Crippen molar-refractivity contribution in [2.45, 2.75) is 32.2 Å². The van der Waals surface area contributed by atoms with Crippen LogP contribution >= 0.6 is 0 Å². The second kappa shape index (κ2) is 8.64. The molecule has 4 rings (SSSR count). The van der Waals surface area contributed by atoms with Crippen LogP contribution in [0.2, 0.25) is 0 Å². The summed E-state index contributed by atoms with van der Waals surface area (Å²) >= 11 is 0. The maximum absolute atomic E-state index is 15.1. The molecule has 0 atom stereocenters. The van der Waals surface area contributed by atoms with Gasteiger partial charge in [-0.1, -0.05) is 0 Å². The fourth-order valence-corrected chi connectivity index (χ4v) is 4.16. The van der Waals surface area contributed by atoms with Crippen molar-refractivity contribution >= 4 is 40.9 Å². The van der Waals surface area contributed by atoms with Crippen LogP contribution in [0.5, 0.6) is 0 Å². The third-order valence-corrected chi connectivity index (χ3v) is 6.15. The van der Waals surface area contributed by atoms with Crippen LogP contribution in [0.15, 0.2) is 23.1 Å². The van der Waals surface area contributed by atoms with E-state index in [1.165, 1.54) is 13.0 Å². The van der Waals surface area contributed by atoms with Crippen molar-refractivity contribution in [1.82, 2.24) is 9.47 Å². The highest BCUT2D eigenvalue weighted by Crippen LogP contribution is 2.38. The second-order valence-electron chi connectivity index (χ2n) is 8.40. The molecule has 1 aromatic carbocycles. The number of fused-ring (bicyclic) bond motifs is 1. The van der Waals surface area contributed by atoms with E-state index >= 15 is 4.39 Å². The molecule has 0 N–H and O–H groups in total. The number of rotatable bonds is 7. The van der Waals surface area contributed by atoms with Gasteiger partial charge >= 0.3 is 0 Å². The largest absolute Gasteiger partial charge is 0.366 e. The number of piperazine rings is 1. The molecule has 0 radical (unpaired) electrons. The molecule has 1 saturated heterocycles. The maximum atomic E-state index is 15.1. The van der Waals surface area contributed by atoms with Gasteiger partial charge in [0.1, 0.15) is 18.4 Å². The van der Waals surface area contributed by atoms with E-state index in [0.717, 1.165) is 12.8 Å². The minimum atomic E-state index is -0.947. The molecule has 1 saturated carbocycles. The van der Waals surface area contributed by atoms with E-state index in [4.69, 9.17) is 0 Å². The van der Waals surface area contributed by atoms with Crippen LogP contribution in [0.4, 0.5) is 10.1 Å². The molecule has 2 heterocycles. The second-order valence-corrected chi connectivity index (χ2v) is 8.40. The third-order valence-electron chi connectivity index (χ3n) is 6.15. The van der Waals surface area contributed by atoms with Crippen molar-refractivity contribution in [3.63, 3.8) is 0 Å². The van der Waals surface area contributed by atoms with Gasteiger partial charge in [0.25, 0.3) is 0 Å². The minimum Gasteiger partial charge on any atom is -0.366 e. The Morgan fingerprint density at radius 3 is 2.34 bits per heavy atom. The molecule has 2 aromatic rings. The molecule has 2 fully saturated rings. The first-order valence-corrected chi connectivity index (χ1v) is 10.7. The summed E-state index contributed by atoms with van der Waals surface area (Å²) in [5, 5.41) is 0.188. The lowest BCUT2D eigenvalue weighted by molar-refractivity contribution is -0.135. The molecule has 32 heavy (non-hydrogen) atoms. The monoisotopic (exact) mass is 441 g/mol. The van der Waals surface area contributed by atoms with E-state index < -0.39 is 17.2 Å². The summed E-state index contributed by atoms with van der Waals surface area (Å²) in [5.41, 5.74) is 0.530. The summed E-state index contributed by atoms with van der Waals surface area (Å²) < 4.78 is 16.9. The van der Waals surface area contributed by atoms with Gasteiger partial charge in [-0.15, -0.1) is 0 Å². The van der Waals surface area contributed by atoms with E-state index in [0.29, 0.717) is 50.0 Å². The molecule has 1 amide bonds. The van der Waals surface area contributed by atoms with Crippen molar-refractivity contribution in [1.29, 1.82) is 0 Å². The van der Waals surface area contributed by atoms with Crippen molar-refractivity contribution in [2.24, 2.45) is 5.92 Å². The summed E-state index contributed by atoms with van der Waals surface area (Å²) in [6.07, 6.45) is 4.21. The van der Waals surface area contributed by atoms with Crippen LogP contribution in [-0.2, 0) is 14.4 Å². The summed E-state index contributed by atoms with van der Waals surface area (Å²) in [6, 6.07) is 3.04. The van der Waals surface area contributed by atoms with Gasteiger partial charge in [0.2, 0.25) is 5.91 Å². The summed E-state index contributed by atoms with van der Waals surface area (Å²) in [6.45, 7) is 2.75. The third kappa shape index (κ3) is 4.06. The molecule has 0 bridgehead atoms. The zero-order valence-corrected chi connectivity index (χ0v) is 17.8. The first kappa shape index (κ1) is 21.9.